The molecule has 8 nitrogen and oxygen atoms in total. The molecule has 2 aliphatic rings. The van der Waals surface area contributed by atoms with E-state index in [0.717, 1.165) is 32.7 Å². The Kier molecular flexibility index (Phi) is 6.60. The Morgan fingerprint density at radius 2 is 2.17 bits per heavy atom. The second kappa shape index (κ2) is 8.46. The largest absolute Gasteiger partial charge is 0.375 e. The van der Waals surface area contributed by atoms with Crippen LogP contribution in [0.15, 0.2) is 11.8 Å². The number of amides is 1. The molecule has 0 aromatic rings. The van der Waals surface area contributed by atoms with Gasteiger partial charge in [-0.2, -0.15) is 5.26 Å². The highest BCUT2D eigenvalue weighted by Gasteiger charge is 2.30. The van der Waals surface area contributed by atoms with Gasteiger partial charge in [0, 0.05) is 58.6 Å². The van der Waals surface area contributed by atoms with E-state index in [1.165, 1.54) is 6.20 Å². The van der Waals surface area contributed by atoms with Crippen LogP contribution in [0, 0.1) is 11.3 Å². The molecule has 2 N–H and O–H groups in total. The summed E-state index contributed by atoms with van der Waals surface area (Å²) in [5.41, 5.74) is 0.00195. The van der Waals surface area contributed by atoms with Gasteiger partial charge in [-0.3, -0.25) is 9.69 Å². The minimum Gasteiger partial charge on any atom is -0.375 e. The number of hydrogen-bond acceptors (Lipinski definition) is 7. The van der Waals surface area contributed by atoms with E-state index in [1.54, 1.807) is 11.9 Å². The maximum absolute atomic E-state index is 12.1. The van der Waals surface area contributed by atoms with Gasteiger partial charge in [-0.05, 0) is 6.42 Å². The minimum atomic E-state index is -2.99. The molecule has 2 aliphatic heterocycles. The van der Waals surface area contributed by atoms with Crippen LogP contribution < -0.4 is 10.6 Å². The van der Waals surface area contributed by atoms with Crippen LogP contribution >= 0.6 is 0 Å². The monoisotopic (exact) mass is 355 g/mol. The van der Waals surface area contributed by atoms with Gasteiger partial charge in [-0.25, -0.2) is 8.42 Å². The molecule has 2 saturated heterocycles. The Balaban J connectivity index is 1.82. The highest BCUT2D eigenvalue weighted by molar-refractivity contribution is 7.91. The molecular weight excluding hydrogens is 330 g/mol. The summed E-state index contributed by atoms with van der Waals surface area (Å²) in [6, 6.07) is 1.73. The van der Waals surface area contributed by atoms with E-state index in [4.69, 9.17) is 0 Å². The van der Waals surface area contributed by atoms with Crippen molar-refractivity contribution in [3.05, 3.63) is 11.8 Å². The second-order valence-electron chi connectivity index (χ2n) is 6.22. The fourth-order valence-corrected chi connectivity index (χ4v) is 4.69. The molecule has 0 saturated carbocycles. The van der Waals surface area contributed by atoms with Crippen LogP contribution in [0.5, 0.6) is 0 Å². The third-order valence-corrected chi connectivity index (χ3v) is 6.16. The van der Waals surface area contributed by atoms with E-state index in [1.807, 2.05) is 6.07 Å². The molecule has 0 radical (unpaired) electrons. The normalized spacial score (nSPS) is 24.3. The summed E-state index contributed by atoms with van der Waals surface area (Å²) in [7, 11) is -1.29. The summed E-state index contributed by atoms with van der Waals surface area (Å²) in [5.74, 6) is -0.182. The molecular formula is C15H25N5O3S. The van der Waals surface area contributed by atoms with Crippen molar-refractivity contribution in [1.82, 2.24) is 20.4 Å². The molecule has 0 bridgehead atoms. The van der Waals surface area contributed by atoms with Gasteiger partial charge in [0.15, 0.2) is 9.84 Å². The Morgan fingerprint density at radius 1 is 1.46 bits per heavy atom. The van der Waals surface area contributed by atoms with Crippen LogP contribution in [0.1, 0.15) is 6.42 Å². The first-order valence-electron chi connectivity index (χ1n) is 8.17. The van der Waals surface area contributed by atoms with Gasteiger partial charge < -0.3 is 15.5 Å². The van der Waals surface area contributed by atoms with E-state index >= 15 is 0 Å². The number of carbonyl (C=O) groups is 1. The van der Waals surface area contributed by atoms with E-state index in [9.17, 15) is 18.5 Å². The fraction of sp³-hybridized carbons (Fsp3) is 0.733. The topological polar surface area (TPSA) is 106 Å². The maximum atomic E-state index is 12.1. The van der Waals surface area contributed by atoms with E-state index in [0.29, 0.717) is 13.0 Å². The lowest BCUT2D eigenvalue weighted by Crippen LogP contribution is -2.46. The highest BCUT2D eigenvalue weighted by Crippen LogP contribution is 2.17. The summed E-state index contributed by atoms with van der Waals surface area (Å²) in [5, 5.41) is 15.2. The molecule has 2 rings (SSSR count). The smallest absolute Gasteiger partial charge is 0.263 e. The van der Waals surface area contributed by atoms with E-state index < -0.39 is 15.7 Å². The van der Waals surface area contributed by atoms with Crippen LogP contribution in [-0.2, 0) is 14.6 Å². The molecule has 0 aromatic carbocycles. The van der Waals surface area contributed by atoms with Gasteiger partial charge in [-0.15, -0.1) is 0 Å². The van der Waals surface area contributed by atoms with Gasteiger partial charge in [0.2, 0.25) is 0 Å². The highest BCUT2D eigenvalue weighted by atomic mass is 32.2. The Labute approximate surface area is 143 Å². The average Bonchev–Trinajstić information content (AvgIpc) is 2.93. The van der Waals surface area contributed by atoms with Crippen molar-refractivity contribution in [2.45, 2.75) is 12.5 Å². The minimum absolute atomic E-state index is 0.00195. The molecule has 1 atom stereocenters. The zero-order valence-corrected chi connectivity index (χ0v) is 14.8. The van der Waals surface area contributed by atoms with Crippen molar-refractivity contribution in [2.24, 2.45) is 0 Å². The zero-order chi connectivity index (χ0) is 17.6. The number of nitrogens with one attached hydrogen (secondary N) is 2. The molecule has 0 aliphatic carbocycles. The number of hydrogen-bond donors (Lipinski definition) is 2. The van der Waals surface area contributed by atoms with Gasteiger partial charge in [0.05, 0.1) is 11.5 Å². The van der Waals surface area contributed by atoms with E-state index in [-0.39, 0.29) is 23.1 Å². The number of carbonyl (C=O) groups excluding carboxylic acids is 1. The molecule has 2 fully saturated rings. The van der Waals surface area contributed by atoms with Crippen molar-refractivity contribution in [1.29, 1.82) is 5.26 Å². The number of sulfone groups is 1. The molecule has 0 aromatic heterocycles. The maximum Gasteiger partial charge on any atom is 0.263 e. The van der Waals surface area contributed by atoms with Crippen LogP contribution in [0.2, 0.25) is 0 Å². The summed E-state index contributed by atoms with van der Waals surface area (Å²) in [4.78, 5) is 16.0. The van der Waals surface area contributed by atoms with Gasteiger partial charge in [0.25, 0.3) is 5.91 Å². The second-order valence-corrected chi connectivity index (χ2v) is 8.45. The number of rotatable bonds is 6. The molecule has 1 unspecified atom stereocenters. The lowest BCUT2D eigenvalue weighted by Gasteiger charge is -2.27. The summed E-state index contributed by atoms with van der Waals surface area (Å²) >= 11 is 0. The molecule has 0 spiro atoms. The fourth-order valence-electron chi connectivity index (χ4n) is 2.90. The predicted molar refractivity (Wildman–Crippen MR) is 90.8 cm³/mol. The zero-order valence-electron chi connectivity index (χ0n) is 14.0. The number of nitrogens with zero attached hydrogens (tertiary/aromatic N) is 3. The quantitative estimate of drug-likeness (QED) is 0.443. The van der Waals surface area contributed by atoms with Crippen molar-refractivity contribution >= 4 is 15.7 Å². The molecule has 1 amide bonds. The lowest BCUT2D eigenvalue weighted by molar-refractivity contribution is -0.117. The van der Waals surface area contributed by atoms with Crippen LogP contribution in [0.3, 0.4) is 0 Å². The summed E-state index contributed by atoms with van der Waals surface area (Å²) < 4.78 is 23.1. The summed E-state index contributed by atoms with van der Waals surface area (Å²) in [6.07, 6.45) is 1.98. The van der Waals surface area contributed by atoms with Crippen molar-refractivity contribution in [3.8, 4) is 6.07 Å². The first kappa shape index (κ1) is 18.7. The predicted octanol–water partition coefficient (Wildman–Crippen LogP) is -1.47. The SMILES string of the molecule is CN(/C=C(/C#N)C(=O)NCCN1CCNCC1)C1CCS(=O)(=O)C1. The van der Waals surface area contributed by atoms with Crippen molar-refractivity contribution in [2.75, 3.05) is 57.8 Å². The molecule has 2 heterocycles. The van der Waals surface area contributed by atoms with Crippen LogP contribution in [0.25, 0.3) is 0 Å². The Morgan fingerprint density at radius 3 is 2.75 bits per heavy atom. The molecule has 134 valence electrons. The van der Waals surface area contributed by atoms with Gasteiger partial charge >= 0.3 is 0 Å². The Bertz CT molecular complexity index is 620. The van der Waals surface area contributed by atoms with Gasteiger partial charge in [0.1, 0.15) is 11.6 Å². The lowest BCUT2D eigenvalue weighted by atomic mass is 10.2. The third-order valence-electron chi connectivity index (χ3n) is 4.41. The summed E-state index contributed by atoms with van der Waals surface area (Å²) in [6.45, 7) is 5.05. The molecule has 24 heavy (non-hydrogen) atoms. The van der Waals surface area contributed by atoms with Gasteiger partial charge in [-0.1, -0.05) is 0 Å². The first-order valence-corrected chi connectivity index (χ1v) is 9.99. The number of nitriles is 1. The van der Waals surface area contributed by atoms with Crippen LogP contribution in [0.4, 0.5) is 0 Å². The number of piperazine rings is 1. The molecule has 9 heteroatoms. The average molecular weight is 355 g/mol. The van der Waals surface area contributed by atoms with E-state index in [2.05, 4.69) is 15.5 Å². The standard InChI is InChI=1S/C15H25N5O3S/c1-19(14-2-9-24(22,23)12-14)11-13(10-16)15(21)18-5-8-20-6-3-17-4-7-20/h11,14,17H,2-9,12H2,1H3,(H,18,21)/b13-11-. The Hall–Kier alpha value is -1.63. The van der Waals surface area contributed by atoms with Crippen LogP contribution in [-0.4, -0.2) is 88.0 Å². The van der Waals surface area contributed by atoms with Crippen molar-refractivity contribution in [3.63, 3.8) is 0 Å². The van der Waals surface area contributed by atoms with Crippen molar-refractivity contribution < 1.29 is 13.2 Å². The third kappa shape index (κ3) is 5.47. The first-order chi connectivity index (χ1) is 11.4.